The van der Waals surface area contributed by atoms with Gasteiger partial charge in [0.15, 0.2) is 0 Å². The molecule has 2 atom stereocenters. The second kappa shape index (κ2) is 12.0. The molecule has 2 rings (SSSR count). The first-order valence-electron chi connectivity index (χ1n) is 9.07. The molecule has 0 aromatic heterocycles. The number of hydrogen-bond donors (Lipinski definition) is 1. The Morgan fingerprint density at radius 3 is 1.48 bits per heavy atom. The number of phosphoric acid groups is 1. The van der Waals surface area contributed by atoms with Gasteiger partial charge in [-0.05, 0) is 49.2 Å². The molecule has 0 aliphatic rings. The Kier molecular flexibility index (Phi) is 10.1. The molecule has 1 N–H and O–H groups in total. The fourth-order valence-electron chi connectivity index (χ4n) is 2.39. The van der Waals surface area contributed by atoms with Crippen molar-refractivity contribution in [2.24, 2.45) is 0 Å². The van der Waals surface area contributed by atoms with Crippen LogP contribution in [0.2, 0.25) is 10.0 Å². The van der Waals surface area contributed by atoms with Crippen LogP contribution in [0.1, 0.15) is 25.0 Å². The average Bonchev–Trinajstić information content (AvgIpc) is 2.64. The third-order valence-electron chi connectivity index (χ3n) is 3.70. The van der Waals surface area contributed by atoms with Crippen molar-refractivity contribution in [2.75, 3.05) is 13.2 Å². The van der Waals surface area contributed by atoms with Gasteiger partial charge in [-0.25, -0.2) is 4.57 Å². The van der Waals surface area contributed by atoms with Crippen LogP contribution in [0.3, 0.4) is 0 Å². The Hall–Kier alpha value is -0.950. The standard InChI is InChI=1S/C20H25Cl2O6P/c1-15(11-25-13-17-3-7-19(21)8-4-17)27-29(23,24)28-16(2)12-26-14-18-5-9-20(22)10-6-18/h3-10,15-16H,11-14H2,1-2H3,(H,23,24). The quantitative estimate of drug-likeness (QED) is 0.411. The Bertz CT molecular complexity index is 721. The van der Waals surface area contributed by atoms with E-state index in [1.165, 1.54) is 0 Å². The summed E-state index contributed by atoms with van der Waals surface area (Å²) >= 11 is 11.7. The summed E-state index contributed by atoms with van der Waals surface area (Å²) in [5, 5.41) is 1.30. The van der Waals surface area contributed by atoms with Gasteiger partial charge in [0.25, 0.3) is 0 Å². The molecule has 0 aliphatic carbocycles. The molecule has 0 radical (unpaired) electrons. The first-order chi connectivity index (χ1) is 13.7. The van der Waals surface area contributed by atoms with E-state index in [9.17, 15) is 9.46 Å². The minimum absolute atomic E-state index is 0.137. The average molecular weight is 463 g/mol. The second-order valence-corrected chi connectivity index (χ2v) is 8.82. The van der Waals surface area contributed by atoms with E-state index in [1.54, 1.807) is 38.1 Å². The van der Waals surface area contributed by atoms with Crippen LogP contribution in [0.5, 0.6) is 0 Å². The number of hydrogen-bond acceptors (Lipinski definition) is 5. The second-order valence-electron chi connectivity index (χ2n) is 6.58. The fraction of sp³-hybridized carbons (Fsp3) is 0.400. The topological polar surface area (TPSA) is 74.2 Å². The highest BCUT2D eigenvalue weighted by Crippen LogP contribution is 2.45. The maximum atomic E-state index is 12.1. The normalized spacial score (nSPS) is 15.6. The SMILES string of the molecule is CC(COCc1ccc(Cl)cc1)OP(=O)(O)OC(C)COCc1ccc(Cl)cc1. The largest absolute Gasteiger partial charge is 0.472 e. The van der Waals surface area contributed by atoms with Crippen LogP contribution in [0.4, 0.5) is 0 Å². The predicted octanol–water partition coefficient (Wildman–Crippen LogP) is 5.64. The molecule has 0 saturated heterocycles. The van der Waals surface area contributed by atoms with E-state index in [1.807, 2.05) is 24.3 Å². The lowest BCUT2D eigenvalue weighted by atomic mass is 10.2. The van der Waals surface area contributed by atoms with Crippen molar-refractivity contribution >= 4 is 31.0 Å². The van der Waals surface area contributed by atoms with Crippen LogP contribution in [0.25, 0.3) is 0 Å². The van der Waals surface area contributed by atoms with Crippen LogP contribution in [-0.4, -0.2) is 30.3 Å². The van der Waals surface area contributed by atoms with Crippen molar-refractivity contribution in [1.82, 2.24) is 0 Å². The van der Waals surface area contributed by atoms with Crippen molar-refractivity contribution in [1.29, 1.82) is 0 Å². The first-order valence-corrected chi connectivity index (χ1v) is 11.3. The van der Waals surface area contributed by atoms with Crippen molar-refractivity contribution in [3.8, 4) is 0 Å². The predicted molar refractivity (Wildman–Crippen MR) is 113 cm³/mol. The Balaban J connectivity index is 1.65. The number of phosphoric ester groups is 1. The van der Waals surface area contributed by atoms with Gasteiger partial charge in [0.1, 0.15) is 0 Å². The van der Waals surface area contributed by atoms with Gasteiger partial charge in [-0.1, -0.05) is 47.5 Å². The maximum absolute atomic E-state index is 12.1. The summed E-state index contributed by atoms with van der Waals surface area (Å²) in [6, 6.07) is 14.5. The molecule has 29 heavy (non-hydrogen) atoms. The summed E-state index contributed by atoms with van der Waals surface area (Å²) in [6.45, 7) is 4.23. The van der Waals surface area contributed by atoms with Crippen molar-refractivity contribution < 1.29 is 28.0 Å². The highest BCUT2D eigenvalue weighted by molar-refractivity contribution is 7.47. The molecule has 2 aromatic rings. The van der Waals surface area contributed by atoms with E-state index in [4.69, 9.17) is 41.7 Å². The monoisotopic (exact) mass is 462 g/mol. The van der Waals surface area contributed by atoms with Crippen LogP contribution in [-0.2, 0) is 36.3 Å². The Morgan fingerprint density at radius 1 is 0.793 bits per heavy atom. The molecule has 0 spiro atoms. The summed E-state index contributed by atoms with van der Waals surface area (Å²) in [6.07, 6.45) is -1.25. The van der Waals surface area contributed by atoms with E-state index in [0.29, 0.717) is 23.3 Å². The summed E-state index contributed by atoms with van der Waals surface area (Å²) < 4.78 is 33.4. The van der Waals surface area contributed by atoms with E-state index in [0.717, 1.165) is 11.1 Å². The Labute approximate surface area is 181 Å². The molecular weight excluding hydrogens is 438 g/mol. The molecule has 2 unspecified atom stereocenters. The molecule has 0 heterocycles. The molecule has 0 amide bonds. The lowest BCUT2D eigenvalue weighted by Gasteiger charge is -2.21. The van der Waals surface area contributed by atoms with E-state index >= 15 is 0 Å². The van der Waals surface area contributed by atoms with Gasteiger partial charge in [-0.2, -0.15) is 0 Å². The highest BCUT2D eigenvalue weighted by atomic mass is 35.5. The lowest BCUT2D eigenvalue weighted by Crippen LogP contribution is -2.19. The van der Waals surface area contributed by atoms with Crippen LogP contribution in [0, 0.1) is 0 Å². The third-order valence-corrected chi connectivity index (χ3v) is 5.45. The van der Waals surface area contributed by atoms with Gasteiger partial charge in [-0.3, -0.25) is 9.05 Å². The van der Waals surface area contributed by atoms with Gasteiger partial charge >= 0.3 is 7.82 Å². The zero-order chi connectivity index (χ0) is 21.3. The molecule has 0 fully saturated rings. The maximum Gasteiger partial charge on any atom is 0.472 e. The van der Waals surface area contributed by atoms with E-state index < -0.39 is 20.0 Å². The minimum atomic E-state index is -4.24. The van der Waals surface area contributed by atoms with Crippen molar-refractivity contribution in [3.63, 3.8) is 0 Å². The lowest BCUT2D eigenvalue weighted by molar-refractivity contribution is 0.000652. The number of rotatable bonds is 12. The smallest absolute Gasteiger partial charge is 0.374 e. The van der Waals surface area contributed by atoms with E-state index in [2.05, 4.69) is 0 Å². The van der Waals surface area contributed by atoms with Crippen LogP contribution in [0.15, 0.2) is 48.5 Å². The highest BCUT2D eigenvalue weighted by Gasteiger charge is 2.27. The summed E-state index contributed by atoms with van der Waals surface area (Å²) in [4.78, 5) is 9.92. The molecule has 0 aliphatic heterocycles. The molecule has 0 bridgehead atoms. The molecular formula is C20H25Cl2O6P. The van der Waals surface area contributed by atoms with Crippen molar-refractivity contribution in [3.05, 3.63) is 69.7 Å². The zero-order valence-electron chi connectivity index (χ0n) is 16.3. The zero-order valence-corrected chi connectivity index (χ0v) is 18.7. The molecule has 2 aromatic carbocycles. The van der Waals surface area contributed by atoms with Gasteiger partial charge in [0, 0.05) is 10.0 Å². The summed E-state index contributed by atoms with van der Waals surface area (Å²) in [7, 11) is -4.24. The Morgan fingerprint density at radius 2 is 1.14 bits per heavy atom. The number of ether oxygens (including phenoxy) is 2. The molecule has 0 saturated carbocycles. The summed E-state index contributed by atoms with van der Waals surface area (Å²) in [5.41, 5.74) is 1.88. The van der Waals surface area contributed by atoms with Crippen LogP contribution < -0.4 is 0 Å². The van der Waals surface area contributed by atoms with Gasteiger partial charge in [-0.15, -0.1) is 0 Å². The van der Waals surface area contributed by atoms with Crippen LogP contribution >= 0.6 is 31.0 Å². The molecule has 9 heteroatoms. The minimum Gasteiger partial charge on any atom is -0.374 e. The third kappa shape index (κ3) is 10.1. The molecule has 160 valence electrons. The number of benzene rings is 2. The number of halogens is 2. The van der Waals surface area contributed by atoms with Gasteiger partial charge < -0.3 is 14.4 Å². The first kappa shape index (κ1) is 24.3. The van der Waals surface area contributed by atoms with E-state index in [-0.39, 0.29) is 13.2 Å². The van der Waals surface area contributed by atoms with Gasteiger partial charge in [0.2, 0.25) is 0 Å². The fourth-order valence-corrected chi connectivity index (χ4v) is 3.72. The molecule has 6 nitrogen and oxygen atoms in total. The summed E-state index contributed by atoms with van der Waals surface area (Å²) in [5.74, 6) is 0. The van der Waals surface area contributed by atoms with Crippen molar-refractivity contribution in [2.45, 2.75) is 39.3 Å². The van der Waals surface area contributed by atoms with Gasteiger partial charge in [0.05, 0.1) is 38.6 Å².